The lowest BCUT2D eigenvalue weighted by Gasteiger charge is -2.49. The molecule has 7 rings (SSSR count). The summed E-state index contributed by atoms with van der Waals surface area (Å²) in [6.07, 6.45) is 14.1. The van der Waals surface area contributed by atoms with Gasteiger partial charge in [-0.2, -0.15) is 0 Å². The molecule has 3 aromatic rings. The Morgan fingerprint density at radius 2 is 1.50 bits per heavy atom. The summed E-state index contributed by atoms with van der Waals surface area (Å²) in [5.74, 6) is 1.14. The summed E-state index contributed by atoms with van der Waals surface area (Å²) in [6.45, 7) is 11.6. The number of hydrogen-bond donors (Lipinski definition) is 1. The molecule has 3 heteroatoms. The Morgan fingerprint density at radius 1 is 0.789 bits per heavy atom. The smallest absolute Gasteiger partial charge is 0.226 e. The molecule has 4 aliphatic rings. The minimum Gasteiger partial charge on any atom is -0.379 e. The Labute approximate surface area is 227 Å². The summed E-state index contributed by atoms with van der Waals surface area (Å²) in [5, 5.41) is 3.90. The first-order valence-electron chi connectivity index (χ1n) is 14.0. The predicted octanol–water partition coefficient (Wildman–Crippen LogP) is 7.23. The molecule has 0 amide bonds. The molecule has 2 nitrogen and oxygen atoms in total. The second kappa shape index (κ2) is 8.66. The van der Waals surface area contributed by atoms with Crippen LogP contribution >= 0.6 is 0 Å². The third-order valence-electron chi connectivity index (χ3n) is 9.00. The van der Waals surface area contributed by atoms with Gasteiger partial charge >= 0.3 is 0 Å². The fraction of sp³-hybridized carbons (Fsp3) is 0.257. The zero-order valence-electron chi connectivity index (χ0n) is 23.0. The molecule has 2 heterocycles. The van der Waals surface area contributed by atoms with Gasteiger partial charge in [0.15, 0.2) is 0 Å². The Balaban J connectivity index is 1.48. The summed E-state index contributed by atoms with van der Waals surface area (Å²) >= 11 is 0. The number of nitrogens with zero attached hydrogens (tertiary/aromatic N) is 1. The fourth-order valence-corrected chi connectivity index (χ4v) is 7.30. The first kappa shape index (κ1) is 23.4. The largest absolute Gasteiger partial charge is 0.379 e. The summed E-state index contributed by atoms with van der Waals surface area (Å²) in [6, 6.07) is 21.3. The zero-order chi connectivity index (χ0) is 26.1. The molecule has 2 aliphatic heterocycles. The van der Waals surface area contributed by atoms with Crippen molar-refractivity contribution in [2.75, 3.05) is 10.2 Å². The van der Waals surface area contributed by atoms with E-state index in [0.29, 0.717) is 24.4 Å². The van der Waals surface area contributed by atoms with Gasteiger partial charge in [-0.3, -0.25) is 0 Å². The van der Waals surface area contributed by atoms with E-state index in [1.165, 1.54) is 61.5 Å². The monoisotopic (exact) mass is 494 g/mol. The quantitative estimate of drug-likeness (QED) is 0.378. The highest BCUT2D eigenvalue weighted by molar-refractivity contribution is 6.90. The number of allylic oxidation sites excluding steroid dienone is 6. The summed E-state index contributed by atoms with van der Waals surface area (Å²) in [5.41, 5.74) is 14.9. The van der Waals surface area contributed by atoms with Crippen LogP contribution in [0.4, 0.5) is 17.1 Å². The van der Waals surface area contributed by atoms with Gasteiger partial charge in [0.1, 0.15) is 0 Å². The molecule has 4 unspecified atom stereocenters. The molecule has 0 aromatic heterocycles. The van der Waals surface area contributed by atoms with Crippen LogP contribution in [0, 0.1) is 26.7 Å². The van der Waals surface area contributed by atoms with E-state index in [1.54, 1.807) is 0 Å². The normalized spacial score (nSPS) is 24.7. The second-order valence-electron chi connectivity index (χ2n) is 11.9. The maximum absolute atomic E-state index is 3.90. The van der Waals surface area contributed by atoms with Gasteiger partial charge in [0.2, 0.25) is 6.71 Å². The van der Waals surface area contributed by atoms with Crippen LogP contribution in [0.3, 0.4) is 0 Å². The highest BCUT2D eigenvalue weighted by Gasteiger charge is 2.49. The number of nitrogens with one attached hydrogen (secondary N) is 1. The number of aryl methyl sites for hydroxylation is 3. The van der Waals surface area contributed by atoms with Gasteiger partial charge < -0.3 is 10.2 Å². The van der Waals surface area contributed by atoms with Crippen LogP contribution in [0.15, 0.2) is 102 Å². The molecule has 188 valence electrons. The Hall–Kier alpha value is -3.72. The third-order valence-corrected chi connectivity index (χ3v) is 9.00. The lowest BCUT2D eigenvalue weighted by atomic mass is 9.28. The van der Waals surface area contributed by atoms with Gasteiger partial charge in [-0.25, -0.2) is 0 Å². The number of rotatable bonds is 2. The molecule has 0 saturated heterocycles. The van der Waals surface area contributed by atoms with Gasteiger partial charge in [-0.05, 0) is 68.9 Å². The van der Waals surface area contributed by atoms with Crippen LogP contribution in [0.1, 0.15) is 42.0 Å². The van der Waals surface area contributed by atoms with Gasteiger partial charge in [0.25, 0.3) is 0 Å². The van der Waals surface area contributed by atoms with Crippen molar-refractivity contribution < 1.29 is 0 Å². The predicted molar refractivity (Wildman–Crippen MR) is 164 cm³/mol. The molecule has 2 aliphatic carbocycles. The molecular weight excluding hydrogens is 459 g/mol. The van der Waals surface area contributed by atoms with Crippen LogP contribution in [0.5, 0.6) is 0 Å². The van der Waals surface area contributed by atoms with Crippen molar-refractivity contribution in [3.63, 3.8) is 0 Å². The third kappa shape index (κ3) is 3.55. The van der Waals surface area contributed by atoms with E-state index in [9.17, 15) is 0 Å². The first-order chi connectivity index (χ1) is 18.4. The van der Waals surface area contributed by atoms with E-state index in [1.807, 2.05) is 0 Å². The molecule has 4 atom stereocenters. The van der Waals surface area contributed by atoms with Crippen molar-refractivity contribution in [3.05, 3.63) is 125 Å². The van der Waals surface area contributed by atoms with Gasteiger partial charge in [-0.15, -0.1) is 0 Å². The zero-order valence-corrected chi connectivity index (χ0v) is 23.0. The maximum Gasteiger partial charge on any atom is 0.226 e. The highest BCUT2D eigenvalue weighted by atomic mass is 15.2. The fourth-order valence-electron chi connectivity index (χ4n) is 7.30. The summed E-state index contributed by atoms with van der Waals surface area (Å²) in [4.78, 5) is 2.59. The molecule has 3 aromatic carbocycles. The van der Waals surface area contributed by atoms with Gasteiger partial charge in [0.05, 0.1) is 0 Å². The van der Waals surface area contributed by atoms with Crippen LogP contribution < -0.4 is 21.1 Å². The van der Waals surface area contributed by atoms with Gasteiger partial charge in [-0.1, -0.05) is 101 Å². The van der Waals surface area contributed by atoms with Crippen LogP contribution in [0.25, 0.3) is 0 Å². The summed E-state index contributed by atoms with van der Waals surface area (Å²) < 4.78 is 0. The van der Waals surface area contributed by atoms with Crippen LogP contribution in [0.2, 0.25) is 5.82 Å². The number of benzene rings is 3. The van der Waals surface area contributed by atoms with Crippen LogP contribution in [-0.4, -0.2) is 12.8 Å². The summed E-state index contributed by atoms with van der Waals surface area (Å²) in [7, 11) is 0. The lowest BCUT2D eigenvalue weighted by molar-refractivity contribution is 0.629. The Bertz CT molecular complexity index is 1590. The first-order valence-corrected chi connectivity index (χ1v) is 14.0. The van der Waals surface area contributed by atoms with Crippen molar-refractivity contribution in [2.45, 2.75) is 52.4 Å². The second-order valence-corrected chi connectivity index (χ2v) is 11.9. The molecule has 0 saturated carbocycles. The minimum absolute atomic E-state index is 0.263. The molecule has 38 heavy (non-hydrogen) atoms. The number of fused-ring (bicyclic) bond motifs is 4. The molecular formula is C35H35BN2. The maximum atomic E-state index is 3.90. The SMILES string of the molecule is CC1=CC(C)C(c2cc(C)ccc2N2C3=CC=CC4Nc5ccc(C)cc5B(c5cc(C)ccc52)C34)C=C1. The molecule has 0 radical (unpaired) electrons. The molecule has 0 bridgehead atoms. The average Bonchev–Trinajstić information content (AvgIpc) is 2.89. The minimum atomic E-state index is 0.263. The highest BCUT2D eigenvalue weighted by Crippen LogP contribution is 2.49. The number of hydrogen-bond acceptors (Lipinski definition) is 2. The van der Waals surface area contributed by atoms with E-state index in [4.69, 9.17) is 0 Å². The van der Waals surface area contributed by atoms with E-state index < -0.39 is 0 Å². The Morgan fingerprint density at radius 3 is 2.29 bits per heavy atom. The van der Waals surface area contributed by atoms with Gasteiger partial charge in [0, 0.05) is 40.5 Å². The average molecular weight is 494 g/mol. The van der Waals surface area contributed by atoms with Crippen molar-refractivity contribution in [1.82, 2.24) is 0 Å². The van der Waals surface area contributed by atoms with Crippen molar-refractivity contribution in [3.8, 4) is 0 Å². The van der Waals surface area contributed by atoms with Crippen molar-refractivity contribution in [2.24, 2.45) is 5.92 Å². The van der Waals surface area contributed by atoms with E-state index >= 15 is 0 Å². The molecule has 1 N–H and O–H groups in total. The Kier molecular flexibility index (Phi) is 5.34. The molecule has 0 spiro atoms. The standard InChI is InChI=1S/C35H35BN2/c1-21-9-13-26(25(5)17-21)27-18-22(2)11-15-32(27)38-33-16-12-24(4)20-29(33)36-28-19-23(3)10-14-30(28)37-31-7-6-8-34(38)35(31)36/h6-20,25-26,31,35,37H,1-5H3. The molecule has 0 fully saturated rings. The van der Waals surface area contributed by atoms with Crippen molar-refractivity contribution >= 4 is 34.7 Å². The number of anilines is 3. The lowest BCUT2D eigenvalue weighted by Crippen LogP contribution is -2.61. The van der Waals surface area contributed by atoms with E-state index in [0.717, 1.165) is 0 Å². The van der Waals surface area contributed by atoms with Crippen molar-refractivity contribution in [1.29, 1.82) is 0 Å². The van der Waals surface area contributed by atoms with E-state index in [2.05, 4.69) is 136 Å². The van der Waals surface area contributed by atoms with E-state index in [-0.39, 0.29) is 6.04 Å². The van der Waals surface area contributed by atoms with Crippen LogP contribution in [-0.2, 0) is 0 Å². The topological polar surface area (TPSA) is 15.3 Å².